The number of nitrogens with zero attached hydrogens (tertiary/aromatic N) is 6. The molecule has 1 aliphatic carbocycles. The van der Waals surface area contributed by atoms with Crippen molar-refractivity contribution in [1.29, 1.82) is 0 Å². The highest BCUT2D eigenvalue weighted by atomic mass is 19.1. The topological polar surface area (TPSA) is 94.6 Å². The smallest absolute Gasteiger partial charge is 0.282 e. The van der Waals surface area contributed by atoms with Crippen LogP contribution in [0.5, 0.6) is 0 Å². The SMILES string of the molecule is O=c1c2cn([C@@H]3CCCC[C@H]3Nc3ncccc3F)c3ccc(F)c(NCc4ccc(-n5cccn5)cc4)c3c-2nn1-c1ccccc1F. The van der Waals surface area contributed by atoms with Gasteiger partial charge in [0.1, 0.15) is 23.0 Å². The van der Waals surface area contributed by atoms with Gasteiger partial charge in [-0.1, -0.05) is 37.1 Å². The number of rotatable bonds is 8. The van der Waals surface area contributed by atoms with E-state index in [1.165, 1.54) is 42.6 Å². The molecule has 3 aromatic carbocycles. The van der Waals surface area contributed by atoms with Crippen LogP contribution in [0.4, 0.5) is 24.7 Å². The molecular weight excluding hydrogens is 629 g/mol. The van der Waals surface area contributed by atoms with Crippen LogP contribution in [0.3, 0.4) is 0 Å². The van der Waals surface area contributed by atoms with Crippen molar-refractivity contribution in [3.8, 4) is 22.6 Å². The first kappa shape index (κ1) is 30.4. The first-order chi connectivity index (χ1) is 24.0. The molecule has 0 spiro atoms. The molecular formula is C37H31F3N8O. The van der Waals surface area contributed by atoms with Crippen LogP contribution in [0, 0.1) is 17.5 Å². The highest BCUT2D eigenvalue weighted by Crippen LogP contribution is 2.40. The summed E-state index contributed by atoms with van der Waals surface area (Å²) in [5, 5.41) is 15.8. The van der Waals surface area contributed by atoms with Crippen molar-refractivity contribution in [3.05, 3.63) is 137 Å². The molecule has 4 heterocycles. The molecule has 2 atom stereocenters. The van der Waals surface area contributed by atoms with Crippen molar-refractivity contribution in [3.63, 3.8) is 0 Å². The van der Waals surface area contributed by atoms with Gasteiger partial charge >= 0.3 is 0 Å². The second kappa shape index (κ2) is 12.6. The average molecular weight is 661 g/mol. The lowest BCUT2D eigenvalue weighted by atomic mass is 9.89. The fourth-order valence-corrected chi connectivity index (χ4v) is 6.84. The van der Waals surface area contributed by atoms with Crippen LogP contribution in [0.15, 0.2) is 108 Å². The van der Waals surface area contributed by atoms with Crippen LogP contribution < -0.4 is 16.2 Å². The van der Waals surface area contributed by atoms with E-state index in [9.17, 15) is 9.18 Å². The third-order valence-corrected chi connectivity index (χ3v) is 9.22. The summed E-state index contributed by atoms with van der Waals surface area (Å²) in [5.74, 6) is -1.45. The molecule has 49 heavy (non-hydrogen) atoms. The number of benzene rings is 3. The van der Waals surface area contributed by atoms with Gasteiger partial charge in [-0.15, -0.1) is 0 Å². The minimum absolute atomic E-state index is 0.00517. The normalized spacial score (nSPS) is 16.3. The van der Waals surface area contributed by atoms with E-state index in [0.29, 0.717) is 10.9 Å². The van der Waals surface area contributed by atoms with Gasteiger partial charge in [0, 0.05) is 37.4 Å². The van der Waals surface area contributed by atoms with E-state index in [1.807, 2.05) is 41.1 Å². The number of nitrogens with one attached hydrogen (secondary N) is 2. The zero-order chi connectivity index (χ0) is 33.5. The molecule has 0 unspecified atom stereocenters. The van der Waals surface area contributed by atoms with Gasteiger partial charge in [0.2, 0.25) is 0 Å². The Morgan fingerprint density at radius 1 is 0.837 bits per heavy atom. The zero-order valence-electron chi connectivity index (χ0n) is 26.2. The second-order valence-corrected chi connectivity index (χ2v) is 12.2. The van der Waals surface area contributed by atoms with Crippen LogP contribution in [0.1, 0.15) is 37.3 Å². The summed E-state index contributed by atoms with van der Waals surface area (Å²) in [6, 6.07) is 20.9. The van der Waals surface area contributed by atoms with Crippen molar-refractivity contribution in [2.75, 3.05) is 10.6 Å². The highest BCUT2D eigenvalue weighted by Gasteiger charge is 2.32. The van der Waals surface area contributed by atoms with Gasteiger partial charge in [0.05, 0.1) is 33.9 Å². The van der Waals surface area contributed by atoms with Crippen molar-refractivity contribution < 1.29 is 13.2 Å². The molecule has 12 heteroatoms. The standard InChI is InChI=1S/C37H31F3N8O/c38-26-7-1-3-10-30(26)48-37(49)25-22-46(31-11-4-2-9-29(31)44-36-28(40)8-5-18-41-36)32-17-16-27(39)35(33(32)34(25)45-48)42-21-23-12-14-24(15-13-23)47-20-6-19-43-47/h1,3,5-8,10,12-20,22,29,31,42H,2,4,9,11,21H2,(H,41,44)/t29-,31-/m1/s1. The number of fused-ring (bicyclic) bond motifs is 3. The zero-order valence-corrected chi connectivity index (χ0v) is 26.2. The van der Waals surface area contributed by atoms with E-state index < -0.39 is 23.0 Å². The van der Waals surface area contributed by atoms with Gasteiger partial charge in [-0.3, -0.25) is 4.79 Å². The fraction of sp³-hybridized carbons (Fsp3) is 0.189. The highest BCUT2D eigenvalue weighted by molar-refractivity contribution is 6.03. The summed E-state index contributed by atoms with van der Waals surface area (Å²) in [5.41, 5.74) is 2.49. The molecule has 1 saturated carbocycles. The molecule has 2 N–H and O–H groups in total. The molecule has 246 valence electrons. The molecule has 2 aromatic heterocycles. The minimum atomic E-state index is -0.610. The maximum absolute atomic E-state index is 16.0. The van der Waals surface area contributed by atoms with Crippen molar-refractivity contribution in [2.24, 2.45) is 0 Å². The molecule has 5 aromatic rings. The van der Waals surface area contributed by atoms with Crippen LogP contribution >= 0.6 is 0 Å². The Bertz CT molecular complexity index is 2300. The van der Waals surface area contributed by atoms with Gasteiger partial charge in [-0.2, -0.15) is 14.9 Å². The van der Waals surface area contributed by atoms with Crippen LogP contribution in [-0.2, 0) is 6.54 Å². The quantitative estimate of drug-likeness (QED) is 0.175. The van der Waals surface area contributed by atoms with Crippen molar-refractivity contribution >= 4 is 22.4 Å². The average Bonchev–Trinajstić information content (AvgIpc) is 3.78. The Hall–Kier alpha value is -5.91. The molecule has 2 aliphatic heterocycles. The van der Waals surface area contributed by atoms with Crippen molar-refractivity contribution in [1.82, 2.24) is 29.1 Å². The molecule has 0 radical (unpaired) electrons. The number of para-hydroxylation sites is 1. The molecule has 0 bridgehead atoms. The maximum atomic E-state index is 16.0. The lowest BCUT2D eigenvalue weighted by Gasteiger charge is -2.35. The van der Waals surface area contributed by atoms with Gasteiger partial charge in [-0.05, 0) is 73.0 Å². The van der Waals surface area contributed by atoms with Gasteiger partial charge in [0.25, 0.3) is 5.56 Å². The molecule has 9 nitrogen and oxygen atoms in total. The maximum Gasteiger partial charge on any atom is 0.282 e. The molecule has 0 amide bonds. The number of aromatic nitrogens is 6. The Labute approximate surface area is 279 Å². The molecule has 3 aliphatic rings. The largest absolute Gasteiger partial charge is 0.378 e. The van der Waals surface area contributed by atoms with Crippen molar-refractivity contribution in [2.45, 2.75) is 44.3 Å². The van der Waals surface area contributed by atoms with E-state index in [4.69, 9.17) is 0 Å². The Morgan fingerprint density at radius 2 is 1.65 bits per heavy atom. The van der Waals surface area contributed by atoms with Gasteiger partial charge < -0.3 is 15.2 Å². The van der Waals surface area contributed by atoms with E-state index in [2.05, 4.69) is 25.8 Å². The lowest BCUT2D eigenvalue weighted by Crippen LogP contribution is -2.35. The van der Waals surface area contributed by atoms with E-state index in [-0.39, 0.29) is 47.1 Å². The van der Waals surface area contributed by atoms with Crippen LogP contribution in [0.25, 0.3) is 33.5 Å². The number of hydrogen-bond donors (Lipinski definition) is 2. The van der Waals surface area contributed by atoms with E-state index in [1.54, 1.807) is 29.2 Å². The molecule has 8 rings (SSSR count). The Morgan fingerprint density at radius 3 is 2.45 bits per heavy atom. The Balaban J connectivity index is 1.27. The predicted molar refractivity (Wildman–Crippen MR) is 182 cm³/mol. The monoisotopic (exact) mass is 660 g/mol. The third kappa shape index (κ3) is 5.58. The first-order valence-electron chi connectivity index (χ1n) is 16.2. The number of pyridine rings is 2. The molecule has 0 saturated heterocycles. The predicted octanol–water partition coefficient (Wildman–Crippen LogP) is 7.50. The second-order valence-electron chi connectivity index (χ2n) is 12.2. The fourth-order valence-electron chi connectivity index (χ4n) is 6.84. The first-order valence-corrected chi connectivity index (χ1v) is 16.2. The number of halogens is 3. The van der Waals surface area contributed by atoms with E-state index >= 15 is 8.78 Å². The van der Waals surface area contributed by atoms with Crippen LogP contribution in [-0.4, -0.2) is 35.2 Å². The minimum Gasteiger partial charge on any atom is -0.378 e. The Kier molecular flexibility index (Phi) is 7.83. The summed E-state index contributed by atoms with van der Waals surface area (Å²) < 4.78 is 50.4. The summed E-state index contributed by atoms with van der Waals surface area (Å²) in [4.78, 5) is 18.2. The summed E-state index contributed by atoms with van der Waals surface area (Å²) >= 11 is 0. The molecule has 1 fully saturated rings. The summed E-state index contributed by atoms with van der Waals surface area (Å²) in [6.07, 6.45) is 10.1. The van der Waals surface area contributed by atoms with E-state index in [0.717, 1.165) is 41.6 Å². The summed E-state index contributed by atoms with van der Waals surface area (Å²) in [6.45, 7) is 0.274. The van der Waals surface area contributed by atoms with Gasteiger partial charge in [0.15, 0.2) is 11.6 Å². The van der Waals surface area contributed by atoms with Gasteiger partial charge in [-0.25, -0.2) is 22.8 Å². The number of anilines is 2. The summed E-state index contributed by atoms with van der Waals surface area (Å²) in [7, 11) is 0. The van der Waals surface area contributed by atoms with Crippen LogP contribution in [0.2, 0.25) is 0 Å². The third-order valence-electron chi connectivity index (χ3n) is 9.22. The lowest BCUT2D eigenvalue weighted by molar-refractivity contribution is 0.327. The number of hydrogen-bond acceptors (Lipinski definition) is 6.